The van der Waals surface area contributed by atoms with E-state index in [4.69, 9.17) is 0 Å². The number of nitrogens with one attached hydrogen (secondary N) is 1. The molecule has 2 aliphatic rings. The van der Waals surface area contributed by atoms with E-state index in [0.29, 0.717) is 13.1 Å². The lowest BCUT2D eigenvalue weighted by Crippen LogP contribution is -2.45. The summed E-state index contributed by atoms with van der Waals surface area (Å²) in [4.78, 5) is 27.5. The van der Waals surface area contributed by atoms with Crippen LogP contribution < -0.4 is 5.32 Å². The Morgan fingerprint density at radius 3 is 2.04 bits per heavy atom. The first-order valence-electron chi connectivity index (χ1n) is 9.40. The second kappa shape index (κ2) is 6.94. The zero-order valence-corrected chi connectivity index (χ0v) is 14.9. The maximum absolute atomic E-state index is 13.1. The van der Waals surface area contributed by atoms with Gasteiger partial charge in [0.1, 0.15) is 0 Å². The van der Waals surface area contributed by atoms with Crippen molar-refractivity contribution >= 4 is 17.5 Å². The monoisotopic (exact) mass is 348 g/mol. The van der Waals surface area contributed by atoms with Crippen LogP contribution in [0.25, 0.3) is 0 Å². The van der Waals surface area contributed by atoms with Crippen LogP contribution in [-0.2, 0) is 15.0 Å². The molecule has 0 radical (unpaired) electrons. The molecule has 2 fully saturated rings. The van der Waals surface area contributed by atoms with Crippen LogP contribution in [0.4, 0.5) is 5.69 Å². The average Bonchev–Trinajstić information content (AvgIpc) is 3.51. The Morgan fingerprint density at radius 2 is 1.46 bits per heavy atom. The third-order valence-corrected chi connectivity index (χ3v) is 5.68. The first kappa shape index (κ1) is 16.8. The Hall–Kier alpha value is -2.62. The van der Waals surface area contributed by atoms with Crippen molar-refractivity contribution in [1.29, 1.82) is 0 Å². The van der Waals surface area contributed by atoms with Crippen molar-refractivity contribution in [2.24, 2.45) is 5.92 Å². The van der Waals surface area contributed by atoms with E-state index in [9.17, 15) is 9.59 Å². The van der Waals surface area contributed by atoms with Crippen molar-refractivity contribution in [2.75, 3.05) is 18.4 Å². The molecule has 26 heavy (non-hydrogen) atoms. The lowest BCUT2D eigenvalue weighted by molar-refractivity contribution is -0.137. The van der Waals surface area contributed by atoms with E-state index in [1.165, 1.54) is 0 Å². The molecule has 2 amide bonds. The quantitative estimate of drug-likeness (QED) is 0.918. The Morgan fingerprint density at radius 1 is 0.885 bits per heavy atom. The topological polar surface area (TPSA) is 49.4 Å². The van der Waals surface area contributed by atoms with Crippen molar-refractivity contribution < 1.29 is 9.59 Å². The van der Waals surface area contributed by atoms with Gasteiger partial charge in [0, 0.05) is 24.7 Å². The fraction of sp³-hybridized carbons (Fsp3) is 0.364. The minimum absolute atomic E-state index is 0.0221. The summed E-state index contributed by atoms with van der Waals surface area (Å²) in [7, 11) is 0. The van der Waals surface area contributed by atoms with Crippen LogP contribution in [0, 0.1) is 5.92 Å². The molecule has 2 aromatic rings. The van der Waals surface area contributed by atoms with Gasteiger partial charge in [-0.25, -0.2) is 0 Å². The normalized spacial score (nSPS) is 19.0. The van der Waals surface area contributed by atoms with Crippen molar-refractivity contribution in [3.8, 4) is 0 Å². The Bertz CT molecular complexity index is 776. The Balaban J connectivity index is 1.35. The Kier molecular flexibility index (Phi) is 4.49. The minimum Gasteiger partial charge on any atom is -0.342 e. The van der Waals surface area contributed by atoms with Crippen molar-refractivity contribution in [2.45, 2.75) is 31.1 Å². The van der Waals surface area contributed by atoms with Crippen LogP contribution in [0.3, 0.4) is 0 Å². The van der Waals surface area contributed by atoms with Gasteiger partial charge in [-0.15, -0.1) is 0 Å². The second-order valence-corrected chi connectivity index (χ2v) is 7.37. The molecule has 4 heteroatoms. The van der Waals surface area contributed by atoms with Crippen molar-refractivity contribution in [3.63, 3.8) is 0 Å². The predicted molar refractivity (Wildman–Crippen MR) is 102 cm³/mol. The van der Waals surface area contributed by atoms with E-state index in [0.717, 1.165) is 36.9 Å². The number of piperidine rings is 1. The van der Waals surface area contributed by atoms with E-state index in [2.05, 4.69) is 17.4 Å². The molecular weight excluding hydrogens is 324 g/mol. The second-order valence-electron chi connectivity index (χ2n) is 7.37. The number of carbonyl (C=O) groups is 2. The molecule has 0 bridgehead atoms. The number of para-hydroxylation sites is 1. The van der Waals surface area contributed by atoms with Crippen LogP contribution in [0.5, 0.6) is 0 Å². The van der Waals surface area contributed by atoms with Crippen LogP contribution in [-0.4, -0.2) is 29.8 Å². The molecule has 1 aliphatic carbocycles. The SMILES string of the molecule is O=C(Nc1ccccc1)C1CCN(C(=O)C2(c3ccccc3)CC2)CC1. The van der Waals surface area contributed by atoms with E-state index in [-0.39, 0.29) is 23.1 Å². The van der Waals surface area contributed by atoms with Crippen LogP contribution in [0.1, 0.15) is 31.2 Å². The van der Waals surface area contributed by atoms with Crippen LogP contribution in [0.2, 0.25) is 0 Å². The summed E-state index contributed by atoms with van der Waals surface area (Å²) in [5.41, 5.74) is 1.66. The molecule has 1 saturated carbocycles. The summed E-state index contributed by atoms with van der Waals surface area (Å²) < 4.78 is 0. The molecular formula is C22H24N2O2. The number of nitrogens with zero attached hydrogens (tertiary/aromatic N) is 1. The van der Waals surface area contributed by atoms with Gasteiger partial charge in [0.05, 0.1) is 5.41 Å². The number of anilines is 1. The predicted octanol–water partition coefficient (Wildman–Crippen LogP) is 3.60. The molecule has 0 atom stereocenters. The molecule has 4 rings (SSSR count). The molecule has 1 N–H and O–H groups in total. The van der Waals surface area contributed by atoms with E-state index < -0.39 is 0 Å². The van der Waals surface area contributed by atoms with Gasteiger partial charge < -0.3 is 10.2 Å². The summed E-state index contributed by atoms with van der Waals surface area (Å²) in [6.45, 7) is 1.33. The summed E-state index contributed by atoms with van der Waals surface area (Å²) in [5, 5.41) is 2.98. The van der Waals surface area contributed by atoms with Gasteiger partial charge in [0.2, 0.25) is 11.8 Å². The van der Waals surface area contributed by atoms with Gasteiger partial charge in [0.25, 0.3) is 0 Å². The summed E-state index contributed by atoms with van der Waals surface area (Å²) in [5.74, 6) is 0.282. The highest BCUT2D eigenvalue weighted by Gasteiger charge is 2.53. The average molecular weight is 348 g/mol. The zero-order valence-electron chi connectivity index (χ0n) is 14.9. The molecule has 1 heterocycles. The van der Waals surface area contributed by atoms with Gasteiger partial charge in [-0.3, -0.25) is 9.59 Å². The molecule has 4 nitrogen and oxygen atoms in total. The van der Waals surface area contributed by atoms with E-state index in [1.807, 2.05) is 53.4 Å². The first-order valence-corrected chi connectivity index (χ1v) is 9.40. The standard InChI is InChI=1S/C22H24N2O2/c25-20(23-19-9-5-2-6-10-19)17-11-15-24(16-12-17)21(26)22(13-14-22)18-7-3-1-4-8-18/h1-10,17H,11-16H2,(H,23,25). The lowest BCUT2D eigenvalue weighted by atomic mass is 9.91. The van der Waals surface area contributed by atoms with Gasteiger partial charge in [-0.05, 0) is 43.4 Å². The molecule has 1 saturated heterocycles. The number of hydrogen-bond acceptors (Lipinski definition) is 2. The Labute approximate surface area is 154 Å². The molecule has 0 aromatic heterocycles. The van der Waals surface area contributed by atoms with Gasteiger partial charge >= 0.3 is 0 Å². The molecule has 2 aromatic carbocycles. The number of benzene rings is 2. The highest BCUT2D eigenvalue weighted by Crippen LogP contribution is 2.49. The fourth-order valence-electron chi connectivity index (χ4n) is 3.92. The van der Waals surface area contributed by atoms with Gasteiger partial charge in [-0.1, -0.05) is 48.5 Å². The maximum atomic E-state index is 13.1. The van der Waals surface area contributed by atoms with E-state index >= 15 is 0 Å². The third kappa shape index (κ3) is 3.24. The molecule has 0 spiro atoms. The van der Waals surface area contributed by atoms with Gasteiger partial charge in [-0.2, -0.15) is 0 Å². The summed E-state index contributed by atoms with van der Waals surface area (Å²) in [6.07, 6.45) is 3.33. The van der Waals surface area contributed by atoms with Crippen LogP contribution in [0.15, 0.2) is 60.7 Å². The molecule has 1 aliphatic heterocycles. The number of carbonyl (C=O) groups excluding carboxylic acids is 2. The highest BCUT2D eigenvalue weighted by molar-refractivity contribution is 5.93. The number of hydrogen-bond donors (Lipinski definition) is 1. The van der Waals surface area contributed by atoms with E-state index in [1.54, 1.807) is 0 Å². The molecule has 134 valence electrons. The summed E-state index contributed by atoms with van der Waals surface area (Å²) in [6, 6.07) is 19.7. The van der Waals surface area contributed by atoms with Crippen LogP contribution >= 0.6 is 0 Å². The largest absolute Gasteiger partial charge is 0.342 e. The van der Waals surface area contributed by atoms with Crippen molar-refractivity contribution in [1.82, 2.24) is 4.90 Å². The molecule has 0 unspecified atom stereocenters. The smallest absolute Gasteiger partial charge is 0.233 e. The number of amides is 2. The van der Waals surface area contributed by atoms with Crippen molar-refractivity contribution in [3.05, 3.63) is 66.2 Å². The van der Waals surface area contributed by atoms with Gasteiger partial charge in [0.15, 0.2) is 0 Å². The third-order valence-electron chi connectivity index (χ3n) is 5.68. The first-order chi connectivity index (χ1) is 12.7. The minimum atomic E-state index is -0.305. The zero-order chi connectivity index (χ0) is 18.0. The number of likely N-dealkylation sites (tertiary alicyclic amines) is 1. The summed E-state index contributed by atoms with van der Waals surface area (Å²) >= 11 is 0. The highest BCUT2D eigenvalue weighted by atomic mass is 16.2. The maximum Gasteiger partial charge on any atom is 0.233 e. The number of rotatable bonds is 4. The lowest BCUT2D eigenvalue weighted by Gasteiger charge is -2.34. The fourth-order valence-corrected chi connectivity index (χ4v) is 3.92.